The standard InChI is InChI=1S/C8H8N4O4S/c1-6(13)10-7-3-2-4-8(5-7)16-17(14,15)12-11-9/h2-5H,1H3,(H,10,13). The third-order valence-corrected chi connectivity index (χ3v) is 2.17. The van der Waals surface area contributed by atoms with Gasteiger partial charge in [-0.25, -0.2) is 0 Å². The monoisotopic (exact) mass is 256 g/mol. The Morgan fingerprint density at radius 1 is 1.53 bits per heavy atom. The largest absolute Gasteiger partial charge is 0.403 e. The molecule has 0 bridgehead atoms. The molecule has 0 fully saturated rings. The molecule has 1 rings (SSSR count). The lowest BCUT2D eigenvalue weighted by Gasteiger charge is -2.05. The molecule has 8 nitrogen and oxygen atoms in total. The molecule has 1 N–H and O–H groups in total. The molecule has 0 spiro atoms. The van der Waals surface area contributed by atoms with Gasteiger partial charge in [0.15, 0.2) is 0 Å². The van der Waals surface area contributed by atoms with E-state index in [0.29, 0.717) is 5.69 Å². The first-order valence-electron chi connectivity index (χ1n) is 4.31. The van der Waals surface area contributed by atoms with Crippen LogP contribution in [0.5, 0.6) is 5.75 Å². The molecule has 0 saturated heterocycles. The van der Waals surface area contributed by atoms with Crippen molar-refractivity contribution in [2.24, 2.45) is 4.52 Å². The van der Waals surface area contributed by atoms with Gasteiger partial charge in [-0.3, -0.25) is 4.79 Å². The average Bonchev–Trinajstić information content (AvgIpc) is 2.15. The van der Waals surface area contributed by atoms with Crippen molar-refractivity contribution in [3.63, 3.8) is 0 Å². The summed E-state index contributed by atoms with van der Waals surface area (Å²) in [6.07, 6.45) is 0. The summed E-state index contributed by atoms with van der Waals surface area (Å²) in [4.78, 5) is 12.9. The van der Waals surface area contributed by atoms with Crippen LogP contribution >= 0.6 is 0 Å². The lowest BCUT2D eigenvalue weighted by molar-refractivity contribution is -0.114. The van der Waals surface area contributed by atoms with E-state index in [-0.39, 0.29) is 11.7 Å². The number of rotatable bonds is 4. The number of carbonyl (C=O) groups is 1. The smallest absolute Gasteiger partial charge is 0.377 e. The molecule has 9 heteroatoms. The molecular weight excluding hydrogens is 248 g/mol. The van der Waals surface area contributed by atoms with Crippen LogP contribution in [0.25, 0.3) is 10.4 Å². The number of nitrogens with zero attached hydrogens (tertiary/aromatic N) is 3. The third-order valence-electron chi connectivity index (χ3n) is 1.49. The van der Waals surface area contributed by atoms with Gasteiger partial charge in [-0.05, 0) is 17.7 Å². The second-order valence-corrected chi connectivity index (χ2v) is 4.08. The quantitative estimate of drug-likeness (QED) is 0.499. The van der Waals surface area contributed by atoms with Gasteiger partial charge in [0, 0.05) is 23.6 Å². The average molecular weight is 256 g/mol. The number of carbonyl (C=O) groups excluding carboxylic acids is 1. The normalized spacial score (nSPS) is 10.2. The maximum absolute atomic E-state index is 11.0. The van der Waals surface area contributed by atoms with E-state index in [1.54, 1.807) is 6.07 Å². The number of nitrogens with one attached hydrogen (secondary N) is 1. The van der Waals surface area contributed by atoms with Crippen molar-refractivity contribution in [2.45, 2.75) is 6.92 Å². The number of hydrogen-bond acceptors (Lipinski definition) is 4. The van der Waals surface area contributed by atoms with Crippen molar-refractivity contribution in [2.75, 3.05) is 5.32 Å². The van der Waals surface area contributed by atoms with Crippen molar-refractivity contribution < 1.29 is 17.4 Å². The van der Waals surface area contributed by atoms with E-state index in [4.69, 9.17) is 5.53 Å². The van der Waals surface area contributed by atoms with E-state index >= 15 is 0 Å². The van der Waals surface area contributed by atoms with Gasteiger partial charge in [-0.15, -0.1) is 0 Å². The highest BCUT2D eigenvalue weighted by molar-refractivity contribution is 7.85. The lowest BCUT2D eigenvalue weighted by Crippen LogP contribution is -2.07. The van der Waals surface area contributed by atoms with Gasteiger partial charge >= 0.3 is 10.3 Å². The van der Waals surface area contributed by atoms with Gasteiger partial charge in [0.1, 0.15) is 5.75 Å². The number of hydrogen-bond donors (Lipinski definition) is 1. The molecule has 0 aromatic heterocycles. The van der Waals surface area contributed by atoms with Gasteiger partial charge < -0.3 is 9.50 Å². The zero-order chi connectivity index (χ0) is 12.9. The Labute approximate surface area is 97.1 Å². The maximum Gasteiger partial charge on any atom is 0.403 e. The summed E-state index contributed by atoms with van der Waals surface area (Å²) in [6.45, 7) is 1.31. The summed E-state index contributed by atoms with van der Waals surface area (Å²) in [5.41, 5.74) is 8.36. The molecule has 1 aromatic carbocycles. The van der Waals surface area contributed by atoms with Gasteiger partial charge in [0.2, 0.25) is 5.91 Å². The van der Waals surface area contributed by atoms with Crippen LogP contribution in [0.1, 0.15) is 6.92 Å². The summed E-state index contributed by atoms with van der Waals surface area (Å²) in [5, 5.41) is 2.45. The highest BCUT2D eigenvalue weighted by atomic mass is 32.2. The van der Waals surface area contributed by atoms with Crippen LogP contribution in [0.2, 0.25) is 0 Å². The maximum atomic E-state index is 11.0. The van der Waals surface area contributed by atoms with Crippen molar-refractivity contribution in [3.8, 4) is 5.75 Å². The predicted octanol–water partition coefficient (Wildman–Crippen LogP) is 1.58. The molecule has 0 unspecified atom stereocenters. The summed E-state index contributed by atoms with van der Waals surface area (Å²) < 4.78 is 29.0. The fourth-order valence-corrected chi connectivity index (χ4v) is 1.48. The van der Waals surface area contributed by atoms with Gasteiger partial charge in [0.05, 0.1) is 4.52 Å². The van der Waals surface area contributed by atoms with E-state index in [2.05, 4.69) is 18.9 Å². The minimum atomic E-state index is -4.33. The van der Waals surface area contributed by atoms with Gasteiger partial charge in [-0.1, -0.05) is 6.07 Å². The van der Waals surface area contributed by atoms with Crippen LogP contribution in [0.4, 0.5) is 5.69 Å². The summed E-state index contributed by atoms with van der Waals surface area (Å²) in [5.74, 6) is -0.372. The molecule has 17 heavy (non-hydrogen) atoms. The molecular formula is C8H8N4O4S. The second-order valence-electron chi connectivity index (χ2n) is 2.89. The fourth-order valence-electron chi connectivity index (χ4n) is 1.01. The zero-order valence-corrected chi connectivity index (χ0v) is 9.51. The molecule has 1 aromatic rings. The van der Waals surface area contributed by atoms with Crippen LogP contribution < -0.4 is 9.50 Å². The molecule has 0 radical (unpaired) electrons. The first-order valence-corrected chi connectivity index (χ1v) is 5.68. The molecule has 90 valence electrons. The molecule has 0 heterocycles. The molecule has 1 amide bonds. The van der Waals surface area contributed by atoms with E-state index in [0.717, 1.165) is 0 Å². The SMILES string of the molecule is CC(=O)Nc1cccc(OS(=O)(=O)N=[N+]=[N-])c1. The second kappa shape index (κ2) is 5.19. The Morgan fingerprint density at radius 3 is 2.82 bits per heavy atom. The zero-order valence-electron chi connectivity index (χ0n) is 8.69. The van der Waals surface area contributed by atoms with Crippen LogP contribution in [-0.4, -0.2) is 14.3 Å². The van der Waals surface area contributed by atoms with E-state index in [1.807, 2.05) is 0 Å². The van der Waals surface area contributed by atoms with E-state index < -0.39 is 10.3 Å². The van der Waals surface area contributed by atoms with Crippen LogP contribution in [0, 0.1) is 0 Å². The van der Waals surface area contributed by atoms with Crippen LogP contribution in [0.15, 0.2) is 28.8 Å². The Balaban J connectivity index is 2.93. The first-order chi connectivity index (χ1) is 7.93. The van der Waals surface area contributed by atoms with Crippen LogP contribution in [-0.2, 0) is 15.1 Å². The number of anilines is 1. The first kappa shape index (κ1) is 12.8. The van der Waals surface area contributed by atoms with E-state index in [9.17, 15) is 13.2 Å². The topological polar surface area (TPSA) is 121 Å². The van der Waals surface area contributed by atoms with Crippen LogP contribution in [0.3, 0.4) is 0 Å². The lowest BCUT2D eigenvalue weighted by atomic mass is 10.3. The summed E-state index contributed by atoms with van der Waals surface area (Å²) >= 11 is 0. The summed E-state index contributed by atoms with van der Waals surface area (Å²) in [7, 11) is -4.33. The minimum absolute atomic E-state index is 0.0661. The Hall–Kier alpha value is -2.25. The highest BCUT2D eigenvalue weighted by Gasteiger charge is 2.10. The number of azide groups is 1. The molecule has 0 aliphatic carbocycles. The third kappa shape index (κ3) is 4.41. The van der Waals surface area contributed by atoms with Crippen molar-refractivity contribution in [3.05, 3.63) is 34.7 Å². The van der Waals surface area contributed by atoms with Gasteiger partial charge in [0.25, 0.3) is 0 Å². The highest BCUT2D eigenvalue weighted by Crippen LogP contribution is 2.19. The number of amides is 1. The minimum Gasteiger partial charge on any atom is -0.377 e. The van der Waals surface area contributed by atoms with Crippen molar-refractivity contribution in [1.82, 2.24) is 0 Å². The van der Waals surface area contributed by atoms with Crippen molar-refractivity contribution >= 4 is 21.9 Å². The Bertz CT molecular complexity index is 577. The van der Waals surface area contributed by atoms with Gasteiger partial charge in [-0.2, -0.15) is 8.42 Å². The Kier molecular flexibility index (Phi) is 3.91. The Morgan fingerprint density at radius 2 is 2.24 bits per heavy atom. The molecule has 0 atom stereocenters. The predicted molar refractivity (Wildman–Crippen MR) is 59.4 cm³/mol. The number of benzene rings is 1. The summed E-state index contributed by atoms with van der Waals surface area (Å²) in [6, 6.07) is 5.66. The van der Waals surface area contributed by atoms with Crippen molar-refractivity contribution in [1.29, 1.82) is 0 Å². The molecule has 0 aliphatic heterocycles. The molecule has 0 saturated carbocycles. The molecule has 0 aliphatic rings. The van der Waals surface area contributed by atoms with E-state index in [1.165, 1.54) is 25.1 Å². The fraction of sp³-hybridized carbons (Fsp3) is 0.125.